The van der Waals surface area contributed by atoms with Gasteiger partial charge in [-0.05, 0) is 23.7 Å². The van der Waals surface area contributed by atoms with Crippen LogP contribution in [0.1, 0.15) is 60.8 Å². The fraction of sp³-hybridized carbons (Fsp3) is 0.933. The number of ether oxygens (including phenoxy) is 1. The molecule has 0 aliphatic carbocycles. The molecular formula is C15H27F3O2. The maximum atomic E-state index is 13.9. The minimum atomic E-state index is -4.65. The number of esters is 1. The van der Waals surface area contributed by atoms with Crippen LogP contribution in [-0.2, 0) is 9.53 Å². The van der Waals surface area contributed by atoms with Gasteiger partial charge in [-0.3, -0.25) is 4.79 Å². The lowest BCUT2D eigenvalue weighted by atomic mass is 9.57. The first-order valence-corrected chi connectivity index (χ1v) is 6.96. The van der Waals surface area contributed by atoms with Crippen LogP contribution in [0.4, 0.5) is 13.2 Å². The molecule has 5 heteroatoms. The van der Waals surface area contributed by atoms with Gasteiger partial charge in [0.15, 0.2) is 5.41 Å². The van der Waals surface area contributed by atoms with Crippen LogP contribution in [0.15, 0.2) is 0 Å². The SMILES string of the molecule is CCC(C)(C)CC(C(=O)OC)(C(F)(F)F)C(C)(C)CC. The van der Waals surface area contributed by atoms with Gasteiger partial charge in [0.1, 0.15) is 0 Å². The minimum absolute atomic E-state index is 0.238. The summed E-state index contributed by atoms with van der Waals surface area (Å²) in [6, 6.07) is 0. The van der Waals surface area contributed by atoms with Crippen molar-refractivity contribution in [3.05, 3.63) is 0 Å². The molecule has 0 saturated heterocycles. The largest absolute Gasteiger partial charge is 0.468 e. The Morgan fingerprint density at radius 1 is 1.00 bits per heavy atom. The monoisotopic (exact) mass is 296 g/mol. The molecule has 0 aliphatic rings. The molecule has 2 nitrogen and oxygen atoms in total. The highest BCUT2D eigenvalue weighted by molar-refractivity contribution is 5.79. The first kappa shape index (κ1) is 19.3. The highest BCUT2D eigenvalue weighted by Crippen LogP contribution is 2.59. The summed E-state index contributed by atoms with van der Waals surface area (Å²) in [6.45, 7) is 9.98. The van der Waals surface area contributed by atoms with E-state index in [9.17, 15) is 18.0 Å². The maximum absolute atomic E-state index is 13.9. The smallest absolute Gasteiger partial charge is 0.405 e. The number of carbonyl (C=O) groups is 1. The van der Waals surface area contributed by atoms with Gasteiger partial charge >= 0.3 is 12.1 Å². The average molecular weight is 296 g/mol. The Morgan fingerprint density at radius 2 is 1.45 bits per heavy atom. The van der Waals surface area contributed by atoms with Crippen molar-refractivity contribution in [2.24, 2.45) is 16.2 Å². The van der Waals surface area contributed by atoms with E-state index in [0.29, 0.717) is 6.42 Å². The number of halogens is 3. The number of methoxy groups -OCH3 is 1. The standard InChI is InChI=1S/C15H27F3O2/c1-8-12(3,4)10-14(11(19)20-7,15(16,17)18)13(5,6)9-2/h8-10H2,1-7H3. The van der Waals surface area contributed by atoms with E-state index in [2.05, 4.69) is 4.74 Å². The van der Waals surface area contributed by atoms with Crippen molar-refractivity contribution in [2.45, 2.75) is 67.0 Å². The van der Waals surface area contributed by atoms with E-state index in [1.165, 1.54) is 13.8 Å². The first-order valence-electron chi connectivity index (χ1n) is 6.96. The van der Waals surface area contributed by atoms with Crippen molar-refractivity contribution in [3.8, 4) is 0 Å². The van der Waals surface area contributed by atoms with Crippen LogP contribution in [-0.4, -0.2) is 19.3 Å². The Hall–Kier alpha value is -0.740. The lowest BCUT2D eigenvalue weighted by Gasteiger charge is -2.48. The molecule has 0 aromatic rings. The third-order valence-corrected chi connectivity index (χ3v) is 4.76. The van der Waals surface area contributed by atoms with Crippen LogP contribution in [0, 0.1) is 16.2 Å². The third kappa shape index (κ3) is 3.29. The zero-order valence-electron chi connectivity index (χ0n) is 13.6. The zero-order chi connectivity index (χ0) is 16.4. The van der Waals surface area contributed by atoms with Crippen LogP contribution in [0.5, 0.6) is 0 Å². The van der Waals surface area contributed by atoms with E-state index < -0.39 is 28.4 Å². The van der Waals surface area contributed by atoms with E-state index >= 15 is 0 Å². The first-order chi connectivity index (χ1) is 8.81. The molecule has 0 saturated carbocycles. The van der Waals surface area contributed by atoms with Crippen molar-refractivity contribution < 1.29 is 22.7 Å². The molecule has 0 bridgehead atoms. The van der Waals surface area contributed by atoms with Crippen LogP contribution in [0.25, 0.3) is 0 Å². The van der Waals surface area contributed by atoms with Gasteiger partial charge in [-0.15, -0.1) is 0 Å². The van der Waals surface area contributed by atoms with Gasteiger partial charge in [-0.1, -0.05) is 48.0 Å². The quantitative estimate of drug-likeness (QED) is 0.647. The van der Waals surface area contributed by atoms with Crippen molar-refractivity contribution in [2.75, 3.05) is 7.11 Å². The molecule has 0 fully saturated rings. The second-order valence-electron chi connectivity index (χ2n) is 6.83. The fourth-order valence-electron chi connectivity index (χ4n) is 2.51. The van der Waals surface area contributed by atoms with Gasteiger partial charge in [0.05, 0.1) is 7.11 Å². The molecule has 120 valence electrons. The van der Waals surface area contributed by atoms with Crippen molar-refractivity contribution in [1.82, 2.24) is 0 Å². The van der Waals surface area contributed by atoms with Crippen LogP contribution >= 0.6 is 0 Å². The summed E-state index contributed by atoms with van der Waals surface area (Å²) in [7, 11) is 1.02. The summed E-state index contributed by atoms with van der Waals surface area (Å²) in [5.41, 5.74) is -4.32. The Bertz CT molecular complexity index is 346. The molecule has 0 aromatic heterocycles. The normalized spacial score (nSPS) is 16.7. The van der Waals surface area contributed by atoms with E-state index in [1.54, 1.807) is 20.8 Å². The van der Waals surface area contributed by atoms with E-state index in [4.69, 9.17) is 0 Å². The highest BCUT2D eigenvalue weighted by atomic mass is 19.4. The molecule has 0 aromatic carbocycles. The second-order valence-corrected chi connectivity index (χ2v) is 6.83. The van der Waals surface area contributed by atoms with E-state index in [1.807, 2.05) is 6.92 Å². The average Bonchev–Trinajstić information content (AvgIpc) is 2.33. The molecule has 0 heterocycles. The van der Waals surface area contributed by atoms with E-state index in [0.717, 1.165) is 7.11 Å². The molecule has 0 aliphatic heterocycles. The lowest BCUT2D eigenvalue weighted by molar-refractivity contribution is -0.271. The number of hydrogen-bond acceptors (Lipinski definition) is 2. The van der Waals surface area contributed by atoms with Crippen LogP contribution < -0.4 is 0 Å². The number of rotatable bonds is 6. The second kappa shape index (κ2) is 5.94. The van der Waals surface area contributed by atoms with Crippen molar-refractivity contribution in [1.29, 1.82) is 0 Å². The molecule has 0 amide bonds. The number of alkyl halides is 3. The molecule has 1 unspecified atom stereocenters. The van der Waals surface area contributed by atoms with Gasteiger partial charge in [0, 0.05) is 0 Å². The van der Waals surface area contributed by atoms with Gasteiger partial charge in [0.25, 0.3) is 0 Å². The van der Waals surface area contributed by atoms with Gasteiger partial charge in [0.2, 0.25) is 0 Å². The van der Waals surface area contributed by atoms with Gasteiger partial charge < -0.3 is 4.74 Å². The van der Waals surface area contributed by atoms with Crippen LogP contribution in [0.3, 0.4) is 0 Å². The number of carbonyl (C=O) groups excluding carboxylic acids is 1. The Morgan fingerprint density at radius 3 is 1.70 bits per heavy atom. The molecule has 20 heavy (non-hydrogen) atoms. The summed E-state index contributed by atoms with van der Waals surface area (Å²) in [6.07, 6.45) is -4.12. The van der Waals surface area contributed by atoms with Crippen molar-refractivity contribution in [3.63, 3.8) is 0 Å². The molecule has 0 rings (SSSR count). The summed E-state index contributed by atoms with van der Waals surface area (Å²) >= 11 is 0. The number of hydrogen-bond donors (Lipinski definition) is 0. The Labute approximate surface area is 120 Å². The lowest BCUT2D eigenvalue weighted by Crippen LogP contribution is -2.57. The topological polar surface area (TPSA) is 26.3 Å². The summed E-state index contributed by atoms with van der Waals surface area (Å²) in [5.74, 6) is -1.18. The van der Waals surface area contributed by atoms with Gasteiger partial charge in [-0.25, -0.2) is 0 Å². The minimum Gasteiger partial charge on any atom is -0.468 e. The molecule has 1 atom stereocenters. The zero-order valence-corrected chi connectivity index (χ0v) is 13.6. The Balaban J connectivity index is 6.18. The third-order valence-electron chi connectivity index (χ3n) is 4.76. The summed E-state index contributed by atoms with van der Waals surface area (Å²) in [5, 5.41) is 0. The highest BCUT2D eigenvalue weighted by Gasteiger charge is 2.69. The van der Waals surface area contributed by atoms with Gasteiger partial charge in [-0.2, -0.15) is 13.2 Å². The maximum Gasteiger partial charge on any atom is 0.405 e. The van der Waals surface area contributed by atoms with Crippen LogP contribution in [0.2, 0.25) is 0 Å². The molecular weight excluding hydrogens is 269 g/mol. The van der Waals surface area contributed by atoms with E-state index in [-0.39, 0.29) is 12.8 Å². The predicted molar refractivity (Wildman–Crippen MR) is 73.3 cm³/mol. The Kier molecular flexibility index (Phi) is 5.72. The predicted octanol–water partition coefficient (Wildman–Crippen LogP) is 4.97. The van der Waals surface area contributed by atoms with Crippen molar-refractivity contribution >= 4 is 5.97 Å². The molecule has 0 spiro atoms. The molecule has 0 radical (unpaired) electrons. The molecule has 0 N–H and O–H groups in total. The fourth-order valence-corrected chi connectivity index (χ4v) is 2.51. The summed E-state index contributed by atoms with van der Waals surface area (Å²) < 4.78 is 46.1. The summed E-state index contributed by atoms with van der Waals surface area (Å²) in [4.78, 5) is 12.1.